The molecule has 1 aliphatic carbocycles. The van der Waals surface area contributed by atoms with E-state index in [4.69, 9.17) is 4.98 Å². The van der Waals surface area contributed by atoms with E-state index >= 15 is 0 Å². The first kappa shape index (κ1) is 21.0. The van der Waals surface area contributed by atoms with Gasteiger partial charge in [0.25, 0.3) is 5.56 Å². The number of rotatable bonds is 8. The summed E-state index contributed by atoms with van der Waals surface area (Å²) < 4.78 is 1.70. The number of aryl methyl sites for hydroxylation is 2. The Hall–Kier alpha value is -1.67. The maximum Gasteiger partial charge on any atom is 0.263 e. The molecule has 8 heteroatoms. The van der Waals surface area contributed by atoms with E-state index in [9.17, 15) is 14.4 Å². The molecule has 0 fully saturated rings. The summed E-state index contributed by atoms with van der Waals surface area (Å²) in [4.78, 5) is 44.0. The molecular formula is C20H27N3O3S2. The van der Waals surface area contributed by atoms with Crippen molar-refractivity contribution in [3.8, 4) is 0 Å². The highest BCUT2D eigenvalue weighted by Gasteiger charge is 2.24. The Morgan fingerprint density at radius 2 is 2.07 bits per heavy atom. The highest BCUT2D eigenvalue weighted by molar-refractivity contribution is 7.99. The quantitative estimate of drug-likeness (QED) is 0.523. The first-order valence-electron chi connectivity index (χ1n) is 9.81. The van der Waals surface area contributed by atoms with Gasteiger partial charge in [-0.05, 0) is 44.1 Å². The first-order valence-corrected chi connectivity index (χ1v) is 11.6. The number of ketones is 1. The second-order valence-electron chi connectivity index (χ2n) is 7.58. The summed E-state index contributed by atoms with van der Waals surface area (Å²) in [5, 5.41) is 4.16. The van der Waals surface area contributed by atoms with Crippen molar-refractivity contribution in [2.45, 2.75) is 71.1 Å². The van der Waals surface area contributed by atoms with Gasteiger partial charge >= 0.3 is 0 Å². The number of nitrogens with one attached hydrogen (secondary N) is 1. The number of nitrogens with zero attached hydrogens (tertiary/aromatic N) is 2. The van der Waals surface area contributed by atoms with Crippen LogP contribution in [0, 0.1) is 5.92 Å². The summed E-state index contributed by atoms with van der Waals surface area (Å²) >= 11 is 2.88. The Morgan fingerprint density at radius 3 is 2.71 bits per heavy atom. The van der Waals surface area contributed by atoms with Crippen molar-refractivity contribution in [2.75, 3.05) is 5.75 Å². The zero-order valence-corrected chi connectivity index (χ0v) is 18.5. The Morgan fingerprint density at radius 1 is 1.32 bits per heavy atom. The Balaban J connectivity index is 1.84. The molecule has 6 nitrogen and oxygen atoms in total. The molecule has 2 aromatic rings. The maximum absolute atomic E-state index is 13.1. The minimum atomic E-state index is -0.485. The van der Waals surface area contributed by atoms with Gasteiger partial charge in [0.15, 0.2) is 10.9 Å². The summed E-state index contributed by atoms with van der Waals surface area (Å²) in [5.41, 5.74) is 1.19. The molecule has 152 valence electrons. The van der Waals surface area contributed by atoms with E-state index < -0.39 is 6.04 Å². The third-order valence-corrected chi connectivity index (χ3v) is 7.15. The number of thiophene rings is 1. The lowest BCUT2D eigenvalue weighted by atomic mass is 10.0. The van der Waals surface area contributed by atoms with Crippen molar-refractivity contribution in [1.29, 1.82) is 0 Å². The zero-order valence-electron chi connectivity index (χ0n) is 16.8. The van der Waals surface area contributed by atoms with Gasteiger partial charge in [-0.2, -0.15) is 0 Å². The Kier molecular flexibility index (Phi) is 6.60. The largest absolute Gasteiger partial charge is 0.345 e. The Labute approximate surface area is 173 Å². The molecule has 28 heavy (non-hydrogen) atoms. The smallest absolute Gasteiger partial charge is 0.263 e. The number of hydrogen-bond donors (Lipinski definition) is 1. The molecule has 0 aliphatic heterocycles. The van der Waals surface area contributed by atoms with Crippen LogP contribution in [0.5, 0.6) is 0 Å². The Bertz CT molecular complexity index is 962. The minimum Gasteiger partial charge on any atom is -0.345 e. The van der Waals surface area contributed by atoms with Crippen molar-refractivity contribution in [2.24, 2.45) is 5.92 Å². The van der Waals surface area contributed by atoms with Crippen LogP contribution in [-0.2, 0) is 29.0 Å². The molecule has 1 atom stereocenters. The molecule has 1 amide bonds. The zero-order chi connectivity index (χ0) is 20.4. The molecule has 0 saturated carbocycles. The van der Waals surface area contributed by atoms with Gasteiger partial charge in [0.05, 0.1) is 17.2 Å². The van der Waals surface area contributed by atoms with Crippen LogP contribution in [0.4, 0.5) is 0 Å². The topological polar surface area (TPSA) is 81.1 Å². The second-order valence-corrected chi connectivity index (χ2v) is 9.60. The maximum atomic E-state index is 13.1. The molecule has 0 saturated heterocycles. The third kappa shape index (κ3) is 4.17. The van der Waals surface area contributed by atoms with Gasteiger partial charge in [-0.3, -0.25) is 19.0 Å². The highest BCUT2D eigenvalue weighted by atomic mass is 32.2. The molecule has 1 unspecified atom stereocenters. The number of fused-ring (bicyclic) bond motifs is 3. The molecule has 0 aromatic carbocycles. The van der Waals surface area contributed by atoms with E-state index in [2.05, 4.69) is 5.32 Å². The normalized spacial score (nSPS) is 14.5. The average Bonchev–Trinajstić information content (AvgIpc) is 3.20. The number of hydrogen-bond acceptors (Lipinski definition) is 6. The lowest BCUT2D eigenvalue weighted by Gasteiger charge is -2.19. The van der Waals surface area contributed by atoms with Crippen molar-refractivity contribution in [3.63, 3.8) is 0 Å². The number of carbonyl (C=O) groups excluding carboxylic acids is 2. The van der Waals surface area contributed by atoms with Gasteiger partial charge < -0.3 is 5.32 Å². The van der Waals surface area contributed by atoms with Gasteiger partial charge in [-0.15, -0.1) is 11.3 Å². The van der Waals surface area contributed by atoms with Crippen LogP contribution in [0.25, 0.3) is 10.2 Å². The van der Waals surface area contributed by atoms with Crippen LogP contribution < -0.4 is 10.9 Å². The molecule has 0 bridgehead atoms. The van der Waals surface area contributed by atoms with E-state index in [-0.39, 0.29) is 28.9 Å². The van der Waals surface area contributed by atoms with Crippen LogP contribution in [0.2, 0.25) is 0 Å². The standard InChI is InChI=1S/C20H27N3O3S2/c1-5-9-23-19(26)16-13-7-6-8-14(13)28-18(16)22-20(23)27-10-15(25)21-17(11(2)3)12(4)24/h11,17H,5-10H2,1-4H3,(H,21,25). The summed E-state index contributed by atoms with van der Waals surface area (Å²) in [5.74, 6) is -0.106. The molecular weight excluding hydrogens is 394 g/mol. The van der Waals surface area contributed by atoms with Crippen molar-refractivity contribution in [3.05, 3.63) is 20.8 Å². The van der Waals surface area contributed by atoms with Gasteiger partial charge in [0.2, 0.25) is 5.91 Å². The number of aromatic nitrogens is 2. The van der Waals surface area contributed by atoms with E-state index in [0.29, 0.717) is 11.7 Å². The molecule has 3 rings (SSSR count). The monoisotopic (exact) mass is 421 g/mol. The highest BCUT2D eigenvalue weighted by Crippen LogP contribution is 2.35. The second kappa shape index (κ2) is 8.78. The predicted molar refractivity (Wildman–Crippen MR) is 114 cm³/mol. The minimum absolute atomic E-state index is 0.0120. The molecule has 0 radical (unpaired) electrons. The fraction of sp³-hybridized carbons (Fsp3) is 0.600. The fourth-order valence-electron chi connectivity index (χ4n) is 3.67. The van der Waals surface area contributed by atoms with Crippen LogP contribution in [0.15, 0.2) is 9.95 Å². The molecule has 2 aromatic heterocycles. The van der Waals surface area contributed by atoms with Crippen molar-refractivity contribution >= 4 is 45.0 Å². The SMILES string of the molecule is CCCn1c(SCC(=O)NC(C(C)=O)C(C)C)nc2sc3c(c2c1=O)CCC3. The van der Waals surface area contributed by atoms with Crippen LogP contribution in [0.3, 0.4) is 0 Å². The summed E-state index contributed by atoms with van der Waals surface area (Å²) in [6.45, 7) is 7.91. The molecule has 2 heterocycles. The third-order valence-electron chi connectivity index (χ3n) is 4.99. The van der Waals surface area contributed by atoms with E-state index in [1.54, 1.807) is 15.9 Å². The lowest BCUT2D eigenvalue weighted by molar-refractivity contribution is -0.126. The van der Waals surface area contributed by atoms with Crippen LogP contribution in [-0.4, -0.2) is 33.0 Å². The average molecular weight is 422 g/mol. The number of thioether (sulfide) groups is 1. The molecule has 1 aliphatic rings. The number of Topliss-reactive ketones (excluding diaryl/α,β-unsaturated/α-hetero) is 1. The van der Waals surface area contributed by atoms with Gasteiger partial charge in [-0.1, -0.05) is 32.5 Å². The van der Waals surface area contributed by atoms with E-state index in [1.807, 2.05) is 20.8 Å². The van der Waals surface area contributed by atoms with Gasteiger partial charge in [0, 0.05) is 11.4 Å². The van der Waals surface area contributed by atoms with Gasteiger partial charge in [-0.25, -0.2) is 4.98 Å². The summed E-state index contributed by atoms with van der Waals surface area (Å²) in [6.07, 6.45) is 3.90. The summed E-state index contributed by atoms with van der Waals surface area (Å²) in [6, 6.07) is -0.485. The lowest BCUT2D eigenvalue weighted by Crippen LogP contribution is -2.44. The summed E-state index contributed by atoms with van der Waals surface area (Å²) in [7, 11) is 0. The van der Waals surface area contributed by atoms with E-state index in [0.717, 1.165) is 35.9 Å². The molecule has 0 spiro atoms. The number of amides is 1. The predicted octanol–water partition coefficient (Wildman–Crippen LogP) is 3.18. The molecule has 1 N–H and O–H groups in total. The van der Waals surface area contributed by atoms with Gasteiger partial charge in [0.1, 0.15) is 4.83 Å². The van der Waals surface area contributed by atoms with E-state index in [1.165, 1.54) is 29.1 Å². The van der Waals surface area contributed by atoms with Crippen LogP contribution in [0.1, 0.15) is 51.0 Å². The van der Waals surface area contributed by atoms with Crippen molar-refractivity contribution < 1.29 is 9.59 Å². The van der Waals surface area contributed by atoms with Crippen LogP contribution >= 0.6 is 23.1 Å². The first-order chi connectivity index (χ1) is 13.3. The van der Waals surface area contributed by atoms with Crippen molar-refractivity contribution in [1.82, 2.24) is 14.9 Å². The fourth-order valence-corrected chi connectivity index (χ4v) is 5.81. The number of carbonyl (C=O) groups is 2.